The van der Waals surface area contributed by atoms with Crippen LogP contribution in [-0.2, 0) is 10.0 Å². The number of nitrogens with one attached hydrogen (secondary N) is 2. The van der Waals surface area contributed by atoms with E-state index < -0.39 is 15.9 Å². The van der Waals surface area contributed by atoms with E-state index in [1.54, 1.807) is 30.6 Å². The Labute approximate surface area is 173 Å². The molecule has 0 unspecified atom stereocenters. The molecule has 150 valence electrons. The van der Waals surface area contributed by atoms with E-state index in [9.17, 15) is 13.2 Å². The lowest BCUT2D eigenvalue weighted by molar-refractivity contribution is 0.0981. The van der Waals surface area contributed by atoms with Gasteiger partial charge in [0.25, 0.3) is 5.91 Å². The molecule has 0 bridgehead atoms. The molecule has 0 aliphatic carbocycles. The monoisotopic (exact) mass is 418 g/mol. The Bertz CT molecular complexity index is 1300. The molecule has 0 aliphatic rings. The van der Waals surface area contributed by atoms with Gasteiger partial charge >= 0.3 is 0 Å². The van der Waals surface area contributed by atoms with E-state index in [4.69, 9.17) is 4.98 Å². The highest BCUT2D eigenvalue weighted by atomic mass is 32.2. The third-order valence-electron chi connectivity index (χ3n) is 4.40. The maximum absolute atomic E-state index is 12.3. The molecule has 0 atom stereocenters. The molecule has 8 heteroatoms. The van der Waals surface area contributed by atoms with Gasteiger partial charge in [0.05, 0.1) is 17.6 Å². The fourth-order valence-corrected chi connectivity index (χ4v) is 3.53. The number of benzene rings is 2. The summed E-state index contributed by atoms with van der Waals surface area (Å²) in [7, 11) is -3.66. The van der Waals surface area contributed by atoms with Crippen molar-refractivity contribution in [2.45, 2.75) is 0 Å². The second kappa shape index (κ2) is 7.92. The van der Waals surface area contributed by atoms with Gasteiger partial charge in [-0.1, -0.05) is 42.5 Å². The number of hydrogen-bond acceptors (Lipinski definition) is 5. The van der Waals surface area contributed by atoms with E-state index in [-0.39, 0.29) is 5.56 Å². The zero-order valence-corrected chi connectivity index (χ0v) is 16.8. The highest BCUT2D eigenvalue weighted by Crippen LogP contribution is 2.33. The van der Waals surface area contributed by atoms with Crippen LogP contribution < -0.4 is 4.72 Å². The largest absolute Gasteiger partial charge is 0.337 e. The molecular formula is C22H18N4O3S. The lowest BCUT2D eigenvalue weighted by Gasteiger charge is -2.06. The van der Waals surface area contributed by atoms with Gasteiger partial charge in [-0.05, 0) is 24.3 Å². The molecule has 30 heavy (non-hydrogen) atoms. The number of aromatic amines is 1. The van der Waals surface area contributed by atoms with E-state index in [0.29, 0.717) is 22.8 Å². The molecule has 0 saturated carbocycles. The standard InChI is InChI=1S/C22H18N4O3S/c1-30(28,29)26-22(27)18-9-5-8-17(14-18)20-19(15-10-12-23-13-11-15)24-21(25-20)16-6-3-2-4-7-16/h2-14H,1H3,(H,24,25)(H,26,27). The third-order valence-corrected chi connectivity index (χ3v) is 4.95. The van der Waals surface area contributed by atoms with E-state index in [1.807, 2.05) is 53.3 Å². The Morgan fingerprint density at radius 1 is 0.900 bits per heavy atom. The number of pyridine rings is 1. The summed E-state index contributed by atoms with van der Waals surface area (Å²) in [6.07, 6.45) is 4.31. The third kappa shape index (κ3) is 4.28. The highest BCUT2D eigenvalue weighted by Gasteiger charge is 2.17. The number of carbonyl (C=O) groups excluding carboxylic acids is 1. The summed E-state index contributed by atoms with van der Waals surface area (Å²) in [5.74, 6) is -0.00369. The Balaban J connectivity index is 1.83. The predicted molar refractivity (Wildman–Crippen MR) is 115 cm³/mol. The van der Waals surface area contributed by atoms with Crippen molar-refractivity contribution in [3.05, 3.63) is 84.7 Å². The van der Waals surface area contributed by atoms with Crippen LogP contribution in [-0.4, -0.2) is 35.5 Å². The van der Waals surface area contributed by atoms with Crippen LogP contribution in [0.4, 0.5) is 0 Å². The van der Waals surface area contributed by atoms with Gasteiger partial charge in [-0.15, -0.1) is 0 Å². The Kier molecular flexibility index (Phi) is 5.16. The van der Waals surface area contributed by atoms with Crippen LogP contribution in [0.2, 0.25) is 0 Å². The van der Waals surface area contributed by atoms with Crippen molar-refractivity contribution in [3.63, 3.8) is 0 Å². The minimum atomic E-state index is -3.66. The highest BCUT2D eigenvalue weighted by molar-refractivity contribution is 7.89. The molecule has 2 aromatic carbocycles. The second-order valence-electron chi connectivity index (χ2n) is 6.70. The summed E-state index contributed by atoms with van der Waals surface area (Å²) < 4.78 is 24.8. The lowest BCUT2D eigenvalue weighted by Crippen LogP contribution is -2.29. The summed E-state index contributed by atoms with van der Waals surface area (Å²) >= 11 is 0. The summed E-state index contributed by atoms with van der Waals surface area (Å²) in [6, 6.07) is 20.1. The summed E-state index contributed by atoms with van der Waals surface area (Å²) in [5.41, 5.74) is 4.15. The van der Waals surface area contributed by atoms with Gasteiger partial charge < -0.3 is 4.98 Å². The van der Waals surface area contributed by atoms with Gasteiger partial charge in [0.15, 0.2) is 0 Å². The molecule has 2 N–H and O–H groups in total. The minimum absolute atomic E-state index is 0.231. The molecule has 0 fully saturated rings. The van der Waals surface area contributed by atoms with Gasteiger partial charge in [-0.3, -0.25) is 9.78 Å². The number of amides is 1. The van der Waals surface area contributed by atoms with Gasteiger partial charge in [0.2, 0.25) is 10.0 Å². The number of carbonyl (C=O) groups is 1. The van der Waals surface area contributed by atoms with Crippen LogP contribution in [0, 0.1) is 0 Å². The molecule has 1 amide bonds. The molecule has 0 radical (unpaired) electrons. The van der Waals surface area contributed by atoms with Crippen molar-refractivity contribution in [2.24, 2.45) is 0 Å². The first-order chi connectivity index (χ1) is 14.4. The molecule has 2 heterocycles. The van der Waals surface area contributed by atoms with E-state index in [1.165, 1.54) is 0 Å². The van der Waals surface area contributed by atoms with Crippen molar-refractivity contribution in [1.82, 2.24) is 19.7 Å². The Morgan fingerprint density at radius 3 is 2.30 bits per heavy atom. The molecule has 0 spiro atoms. The van der Waals surface area contributed by atoms with Crippen molar-refractivity contribution in [1.29, 1.82) is 0 Å². The number of nitrogens with zero attached hydrogens (tertiary/aromatic N) is 2. The Morgan fingerprint density at radius 2 is 1.60 bits per heavy atom. The van der Waals surface area contributed by atoms with Crippen LogP contribution in [0.3, 0.4) is 0 Å². The number of aromatic nitrogens is 3. The first-order valence-electron chi connectivity index (χ1n) is 9.09. The molecule has 4 rings (SSSR count). The lowest BCUT2D eigenvalue weighted by atomic mass is 10.0. The van der Waals surface area contributed by atoms with Crippen LogP contribution in [0.1, 0.15) is 10.4 Å². The topological polar surface area (TPSA) is 105 Å². The zero-order valence-electron chi connectivity index (χ0n) is 16.0. The molecule has 4 aromatic rings. The fraction of sp³-hybridized carbons (Fsp3) is 0.0455. The van der Waals surface area contributed by atoms with E-state index in [0.717, 1.165) is 17.4 Å². The van der Waals surface area contributed by atoms with Crippen molar-refractivity contribution < 1.29 is 13.2 Å². The SMILES string of the molecule is CS(=O)(=O)NC(=O)c1cccc(-c2[nH]c(-c3ccccc3)nc2-c2ccncc2)c1. The number of sulfonamides is 1. The van der Waals surface area contributed by atoms with Crippen LogP contribution in [0.5, 0.6) is 0 Å². The molecule has 0 saturated heterocycles. The first kappa shape index (κ1) is 19.5. The van der Waals surface area contributed by atoms with Gasteiger partial charge in [-0.25, -0.2) is 18.1 Å². The number of imidazole rings is 1. The quantitative estimate of drug-likeness (QED) is 0.516. The maximum Gasteiger partial charge on any atom is 0.264 e. The van der Waals surface area contributed by atoms with Crippen molar-refractivity contribution in [3.8, 4) is 33.9 Å². The fourth-order valence-electron chi connectivity index (χ4n) is 3.08. The molecule has 7 nitrogen and oxygen atoms in total. The van der Waals surface area contributed by atoms with E-state index >= 15 is 0 Å². The smallest absolute Gasteiger partial charge is 0.264 e. The number of rotatable bonds is 5. The number of H-pyrrole nitrogens is 1. The van der Waals surface area contributed by atoms with Crippen LogP contribution in [0.25, 0.3) is 33.9 Å². The minimum Gasteiger partial charge on any atom is -0.337 e. The summed E-state index contributed by atoms with van der Waals surface area (Å²) in [6.45, 7) is 0. The van der Waals surface area contributed by atoms with Gasteiger partial charge in [0.1, 0.15) is 5.82 Å². The summed E-state index contributed by atoms with van der Waals surface area (Å²) in [5, 5.41) is 0. The first-order valence-corrected chi connectivity index (χ1v) is 11.0. The van der Waals surface area contributed by atoms with Crippen molar-refractivity contribution >= 4 is 15.9 Å². The molecule has 2 aromatic heterocycles. The number of hydrogen-bond donors (Lipinski definition) is 2. The van der Waals surface area contributed by atoms with Crippen LogP contribution >= 0.6 is 0 Å². The Hall–Kier alpha value is -3.78. The average molecular weight is 418 g/mol. The van der Waals surface area contributed by atoms with E-state index in [2.05, 4.69) is 9.97 Å². The average Bonchev–Trinajstić information content (AvgIpc) is 3.19. The van der Waals surface area contributed by atoms with Crippen molar-refractivity contribution in [2.75, 3.05) is 6.26 Å². The van der Waals surface area contributed by atoms with Gasteiger partial charge in [0, 0.05) is 34.6 Å². The summed E-state index contributed by atoms with van der Waals surface area (Å²) in [4.78, 5) is 24.5. The van der Waals surface area contributed by atoms with Crippen LogP contribution in [0.15, 0.2) is 79.1 Å². The maximum atomic E-state index is 12.3. The molecular weight excluding hydrogens is 400 g/mol. The van der Waals surface area contributed by atoms with Gasteiger partial charge in [-0.2, -0.15) is 0 Å². The zero-order chi connectivity index (χ0) is 21.1. The normalized spacial score (nSPS) is 11.2. The molecule has 0 aliphatic heterocycles. The predicted octanol–water partition coefficient (Wildman–Crippen LogP) is 3.50. The second-order valence-corrected chi connectivity index (χ2v) is 8.44.